The van der Waals surface area contributed by atoms with Crippen molar-refractivity contribution in [1.82, 2.24) is 4.90 Å². The number of hydrogen-bond acceptors (Lipinski definition) is 3. The Morgan fingerprint density at radius 1 is 1.45 bits per heavy atom. The van der Waals surface area contributed by atoms with Crippen LogP contribution in [0.3, 0.4) is 0 Å². The van der Waals surface area contributed by atoms with Crippen molar-refractivity contribution >= 4 is 17.5 Å². The summed E-state index contributed by atoms with van der Waals surface area (Å²) in [7, 11) is 0. The minimum absolute atomic E-state index is 0.0237. The van der Waals surface area contributed by atoms with Gasteiger partial charge in [-0.2, -0.15) is 0 Å². The number of carbonyl (C=O) groups is 2. The molecule has 0 aliphatic carbocycles. The lowest BCUT2D eigenvalue weighted by Crippen LogP contribution is -2.33. The van der Waals surface area contributed by atoms with Gasteiger partial charge < -0.3 is 15.3 Å². The molecule has 1 aliphatic heterocycles. The first kappa shape index (κ1) is 14.5. The summed E-state index contributed by atoms with van der Waals surface area (Å²) < 4.78 is 0. The van der Waals surface area contributed by atoms with Crippen LogP contribution in [-0.2, 0) is 16.2 Å². The molecule has 0 bridgehead atoms. The Morgan fingerprint density at radius 3 is 2.75 bits per heavy atom. The van der Waals surface area contributed by atoms with E-state index in [0.29, 0.717) is 17.8 Å². The number of anilines is 1. The van der Waals surface area contributed by atoms with Gasteiger partial charge in [-0.25, -0.2) is 0 Å². The lowest BCUT2D eigenvalue weighted by atomic mass is 10.1. The van der Waals surface area contributed by atoms with E-state index in [2.05, 4.69) is 5.32 Å². The van der Waals surface area contributed by atoms with Crippen molar-refractivity contribution in [2.45, 2.75) is 32.9 Å². The van der Waals surface area contributed by atoms with Crippen LogP contribution in [0.15, 0.2) is 24.3 Å². The molecule has 5 nitrogen and oxygen atoms in total. The zero-order chi connectivity index (χ0) is 14.7. The third kappa shape index (κ3) is 2.99. The highest BCUT2D eigenvalue weighted by molar-refractivity contribution is 5.97. The molecule has 1 aromatic carbocycles. The number of aliphatic hydroxyl groups is 1. The molecule has 5 heteroatoms. The predicted molar refractivity (Wildman–Crippen MR) is 76.0 cm³/mol. The number of amides is 2. The second-order valence-electron chi connectivity index (χ2n) is 5.35. The van der Waals surface area contributed by atoms with Crippen molar-refractivity contribution in [3.8, 4) is 0 Å². The number of hydrogen-bond donors (Lipinski definition) is 2. The molecule has 20 heavy (non-hydrogen) atoms. The van der Waals surface area contributed by atoms with Crippen molar-refractivity contribution in [2.24, 2.45) is 5.92 Å². The second kappa shape index (κ2) is 6.05. The van der Waals surface area contributed by atoms with Crippen LogP contribution in [0.1, 0.15) is 25.8 Å². The van der Waals surface area contributed by atoms with E-state index in [4.69, 9.17) is 0 Å². The van der Waals surface area contributed by atoms with Gasteiger partial charge in [-0.05, 0) is 19.9 Å². The molecule has 1 fully saturated rings. The first-order chi connectivity index (χ1) is 9.52. The van der Waals surface area contributed by atoms with Crippen LogP contribution in [0, 0.1) is 5.92 Å². The van der Waals surface area contributed by atoms with Gasteiger partial charge >= 0.3 is 0 Å². The SMILES string of the molecule is CC(C)N1CC(C(=O)Nc2ccccc2CO)CC1=O. The third-order valence-corrected chi connectivity index (χ3v) is 3.60. The maximum atomic E-state index is 12.2. The Bertz CT molecular complexity index is 514. The molecule has 2 amide bonds. The van der Waals surface area contributed by atoms with E-state index >= 15 is 0 Å². The van der Waals surface area contributed by atoms with E-state index in [-0.39, 0.29) is 36.8 Å². The van der Waals surface area contributed by atoms with Crippen LogP contribution < -0.4 is 5.32 Å². The number of carbonyl (C=O) groups excluding carboxylic acids is 2. The Hall–Kier alpha value is -1.88. The molecule has 1 unspecified atom stereocenters. The molecule has 2 N–H and O–H groups in total. The molecule has 1 heterocycles. The standard InChI is InChI=1S/C15H20N2O3/c1-10(2)17-8-12(7-14(17)19)15(20)16-13-6-4-3-5-11(13)9-18/h3-6,10,12,18H,7-9H2,1-2H3,(H,16,20). The highest BCUT2D eigenvalue weighted by Crippen LogP contribution is 2.23. The van der Waals surface area contributed by atoms with E-state index in [9.17, 15) is 14.7 Å². The normalized spacial score (nSPS) is 18.7. The Morgan fingerprint density at radius 2 is 2.15 bits per heavy atom. The quantitative estimate of drug-likeness (QED) is 0.872. The van der Waals surface area contributed by atoms with Gasteiger partial charge in [0.25, 0.3) is 0 Å². The van der Waals surface area contributed by atoms with Crippen LogP contribution in [-0.4, -0.2) is 34.4 Å². The summed E-state index contributed by atoms with van der Waals surface area (Å²) >= 11 is 0. The second-order valence-corrected chi connectivity index (χ2v) is 5.35. The fourth-order valence-corrected chi connectivity index (χ4v) is 2.42. The third-order valence-electron chi connectivity index (χ3n) is 3.60. The van der Waals surface area contributed by atoms with Crippen molar-refractivity contribution < 1.29 is 14.7 Å². The van der Waals surface area contributed by atoms with Crippen LogP contribution in [0.2, 0.25) is 0 Å². The fourth-order valence-electron chi connectivity index (χ4n) is 2.42. The van der Waals surface area contributed by atoms with Crippen LogP contribution in [0.25, 0.3) is 0 Å². The van der Waals surface area contributed by atoms with Gasteiger partial charge in [0, 0.05) is 30.3 Å². The topological polar surface area (TPSA) is 69.6 Å². The highest BCUT2D eigenvalue weighted by atomic mass is 16.3. The van der Waals surface area contributed by atoms with E-state index < -0.39 is 0 Å². The monoisotopic (exact) mass is 276 g/mol. The molecule has 1 aliphatic rings. The van der Waals surface area contributed by atoms with Gasteiger partial charge in [0.15, 0.2) is 0 Å². The molecule has 0 saturated carbocycles. The Balaban J connectivity index is 2.04. The van der Waals surface area contributed by atoms with Crippen LogP contribution in [0.4, 0.5) is 5.69 Å². The minimum Gasteiger partial charge on any atom is -0.392 e. The number of nitrogens with zero attached hydrogens (tertiary/aromatic N) is 1. The summed E-state index contributed by atoms with van der Waals surface area (Å²) in [5, 5.41) is 12.0. The Kier molecular flexibility index (Phi) is 4.39. The smallest absolute Gasteiger partial charge is 0.229 e. The maximum absolute atomic E-state index is 12.2. The molecular formula is C15H20N2O3. The van der Waals surface area contributed by atoms with Gasteiger partial charge in [-0.3, -0.25) is 9.59 Å². The van der Waals surface area contributed by atoms with Crippen molar-refractivity contribution in [1.29, 1.82) is 0 Å². The number of benzene rings is 1. The van der Waals surface area contributed by atoms with E-state index in [1.54, 1.807) is 29.2 Å². The first-order valence-electron chi connectivity index (χ1n) is 6.82. The molecule has 1 aromatic rings. The van der Waals surface area contributed by atoms with Gasteiger partial charge in [0.1, 0.15) is 0 Å². The van der Waals surface area contributed by atoms with Crippen molar-refractivity contribution in [3.05, 3.63) is 29.8 Å². The molecule has 1 atom stereocenters. The molecule has 0 aromatic heterocycles. The molecule has 1 saturated heterocycles. The average molecular weight is 276 g/mol. The molecule has 0 radical (unpaired) electrons. The zero-order valence-electron chi connectivity index (χ0n) is 11.8. The summed E-state index contributed by atoms with van der Waals surface area (Å²) in [5.74, 6) is -0.463. The van der Waals surface area contributed by atoms with Crippen molar-refractivity contribution in [2.75, 3.05) is 11.9 Å². The summed E-state index contributed by atoms with van der Waals surface area (Å²) in [5.41, 5.74) is 1.28. The fraction of sp³-hybridized carbons (Fsp3) is 0.467. The summed E-state index contributed by atoms with van der Waals surface area (Å²) in [6.45, 7) is 4.22. The number of para-hydroxylation sites is 1. The van der Waals surface area contributed by atoms with E-state index in [0.717, 1.165) is 0 Å². The number of rotatable bonds is 4. The minimum atomic E-state index is -0.323. The number of aliphatic hydroxyl groups excluding tert-OH is 1. The van der Waals surface area contributed by atoms with Gasteiger partial charge in [0.05, 0.1) is 12.5 Å². The summed E-state index contributed by atoms with van der Waals surface area (Å²) in [4.78, 5) is 25.8. The predicted octanol–water partition coefficient (Wildman–Crippen LogP) is 1.37. The maximum Gasteiger partial charge on any atom is 0.229 e. The van der Waals surface area contributed by atoms with Crippen molar-refractivity contribution in [3.63, 3.8) is 0 Å². The van der Waals surface area contributed by atoms with Crippen LogP contribution >= 0.6 is 0 Å². The van der Waals surface area contributed by atoms with E-state index in [1.165, 1.54) is 0 Å². The largest absolute Gasteiger partial charge is 0.392 e. The molecular weight excluding hydrogens is 256 g/mol. The number of likely N-dealkylation sites (tertiary alicyclic amines) is 1. The van der Waals surface area contributed by atoms with Gasteiger partial charge in [-0.15, -0.1) is 0 Å². The lowest BCUT2D eigenvalue weighted by Gasteiger charge is -2.20. The molecule has 2 rings (SSSR count). The van der Waals surface area contributed by atoms with Crippen LogP contribution in [0.5, 0.6) is 0 Å². The van der Waals surface area contributed by atoms with Gasteiger partial charge in [-0.1, -0.05) is 18.2 Å². The highest BCUT2D eigenvalue weighted by Gasteiger charge is 2.35. The molecule has 0 spiro atoms. The zero-order valence-corrected chi connectivity index (χ0v) is 11.8. The van der Waals surface area contributed by atoms with Gasteiger partial charge in [0.2, 0.25) is 11.8 Å². The lowest BCUT2D eigenvalue weighted by molar-refractivity contribution is -0.129. The molecule has 108 valence electrons. The average Bonchev–Trinajstić information content (AvgIpc) is 2.81. The number of nitrogens with one attached hydrogen (secondary N) is 1. The summed E-state index contributed by atoms with van der Waals surface area (Å²) in [6, 6.07) is 7.23. The first-order valence-corrected chi connectivity index (χ1v) is 6.82. The Labute approximate surface area is 118 Å². The summed E-state index contributed by atoms with van der Waals surface area (Å²) in [6.07, 6.45) is 0.255. The van der Waals surface area contributed by atoms with E-state index in [1.807, 2.05) is 13.8 Å².